The molecular weight excluding hydrogens is 506 g/mol. The summed E-state index contributed by atoms with van der Waals surface area (Å²) < 4.78 is 22.5. The monoisotopic (exact) mass is 543 g/mol. The van der Waals surface area contributed by atoms with Gasteiger partial charge in [-0.05, 0) is 61.6 Å². The Morgan fingerprint density at radius 1 is 0.750 bits per heavy atom. The van der Waals surface area contributed by atoms with Crippen LogP contribution in [0.15, 0.2) is 72.9 Å². The summed E-state index contributed by atoms with van der Waals surface area (Å²) in [5.74, 6) is 3.87. The third kappa shape index (κ3) is 7.12. The molecule has 4 aromatic rings. The lowest BCUT2D eigenvalue weighted by Gasteiger charge is -2.18. The molecule has 0 aliphatic heterocycles. The fourth-order valence-corrected chi connectivity index (χ4v) is 4.23. The predicted molar refractivity (Wildman–Crippen MR) is 160 cm³/mol. The minimum atomic E-state index is 0.434. The molecule has 3 aromatic carbocycles. The molecule has 0 saturated heterocycles. The Balaban J connectivity index is 1.60. The molecule has 0 bridgehead atoms. The van der Waals surface area contributed by atoms with E-state index in [0.717, 1.165) is 47.9 Å². The number of hydrogen-bond donors (Lipinski definition) is 2. The smallest absolute Gasteiger partial charge is 0.229 e. The third-order valence-electron chi connectivity index (χ3n) is 6.53. The molecule has 0 aliphatic rings. The summed E-state index contributed by atoms with van der Waals surface area (Å²) >= 11 is 0. The van der Waals surface area contributed by atoms with E-state index in [0.29, 0.717) is 35.6 Å². The van der Waals surface area contributed by atoms with Gasteiger partial charge < -0.3 is 34.5 Å². The number of benzene rings is 3. The Bertz CT molecular complexity index is 1380. The average molecular weight is 544 g/mol. The Kier molecular flexibility index (Phi) is 10.0. The van der Waals surface area contributed by atoms with Gasteiger partial charge in [0.25, 0.3) is 0 Å². The van der Waals surface area contributed by atoms with Gasteiger partial charge in [0.05, 0.1) is 27.0 Å². The summed E-state index contributed by atoms with van der Waals surface area (Å²) in [4.78, 5) is 11.8. The highest BCUT2D eigenvalue weighted by Crippen LogP contribution is 2.39. The van der Waals surface area contributed by atoms with Crippen LogP contribution in [-0.4, -0.2) is 62.4 Å². The van der Waals surface area contributed by atoms with Crippen LogP contribution in [0.5, 0.6) is 23.0 Å². The van der Waals surface area contributed by atoms with Gasteiger partial charge in [0.15, 0.2) is 0 Å². The first-order valence-electron chi connectivity index (χ1n) is 13.3. The number of hydrogen-bond acceptors (Lipinski definition) is 9. The molecule has 4 rings (SSSR count). The molecule has 210 valence electrons. The number of ether oxygens (including phenoxy) is 4. The molecule has 9 heteroatoms. The molecule has 0 aliphatic carbocycles. The van der Waals surface area contributed by atoms with Crippen molar-refractivity contribution < 1.29 is 18.9 Å². The fourth-order valence-electron chi connectivity index (χ4n) is 4.23. The van der Waals surface area contributed by atoms with Crippen molar-refractivity contribution in [3.05, 3.63) is 72.9 Å². The Morgan fingerprint density at radius 3 is 2.17 bits per heavy atom. The quantitative estimate of drug-likeness (QED) is 0.188. The molecule has 2 N–H and O–H groups in total. The van der Waals surface area contributed by atoms with E-state index in [2.05, 4.69) is 34.4 Å². The lowest BCUT2D eigenvalue weighted by molar-refractivity contribution is 0.223. The van der Waals surface area contributed by atoms with E-state index in [9.17, 15) is 0 Å². The molecular formula is C31H37N5O4. The molecule has 0 saturated carbocycles. The van der Waals surface area contributed by atoms with E-state index in [1.807, 2.05) is 66.7 Å². The molecule has 1 heterocycles. The minimum Gasteiger partial charge on any atom is -0.497 e. The van der Waals surface area contributed by atoms with Gasteiger partial charge in [-0.3, -0.25) is 0 Å². The van der Waals surface area contributed by atoms with Crippen LogP contribution < -0.4 is 29.6 Å². The number of para-hydroxylation sites is 2. The summed E-state index contributed by atoms with van der Waals surface area (Å²) in [5.41, 5.74) is 3.19. The topological polar surface area (TPSA) is 90.0 Å². The number of methoxy groups -OCH3 is 3. The normalized spacial score (nSPS) is 10.8. The van der Waals surface area contributed by atoms with E-state index in [-0.39, 0.29) is 0 Å². The molecule has 0 unspecified atom stereocenters. The van der Waals surface area contributed by atoms with Crippen molar-refractivity contribution in [3.63, 3.8) is 0 Å². The van der Waals surface area contributed by atoms with E-state index >= 15 is 0 Å². The second kappa shape index (κ2) is 14.0. The summed E-state index contributed by atoms with van der Waals surface area (Å²) in [7, 11) is 4.88. The van der Waals surface area contributed by atoms with Crippen molar-refractivity contribution in [2.45, 2.75) is 13.8 Å². The number of rotatable bonds is 14. The highest BCUT2D eigenvalue weighted by molar-refractivity contribution is 5.83. The van der Waals surface area contributed by atoms with Gasteiger partial charge in [-0.1, -0.05) is 26.0 Å². The van der Waals surface area contributed by atoms with Crippen LogP contribution in [0.1, 0.15) is 13.8 Å². The van der Waals surface area contributed by atoms with Gasteiger partial charge in [-0.15, -0.1) is 0 Å². The SMILES string of the molecule is CCN(CC)CCOc1ccc(Nc2ncc(-c3ccc(OC)cc3OC)c(Nc3ccccc3OC)n2)cc1. The van der Waals surface area contributed by atoms with E-state index in [1.54, 1.807) is 27.5 Å². The Hall–Kier alpha value is -4.50. The number of aromatic nitrogens is 2. The number of nitrogens with one attached hydrogen (secondary N) is 2. The van der Waals surface area contributed by atoms with E-state index in [1.165, 1.54) is 0 Å². The van der Waals surface area contributed by atoms with Crippen LogP contribution in [0.3, 0.4) is 0 Å². The third-order valence-corrected chi connectivity index (χ3v) is 6.53. The molecule has 0 spiro atoms. The van der Waals surface area contributed by atoms with Crippen molar-refractivity contribution >= 4 is 23.1 Å². The van der Waals surface area contributed by atoms with Gasteiger partial charge in [0.2, 0.25) is 5.95 Å². The Morgan fingerprint density at radius 2 is 1.48 bits per heavy atom. The van der Waals surface area contributed by atoms with Crippen molar-refractivity contribution in [3.8, 4) is 34.1 Å². The van der Waals surface area contributed by atoms with Crippen LogP contribution >= 0.6 is 0 Å². The zero-order chi connectivity index (χ0) is 28.3. The van der Waals surface area contributed by atoms with E-state index < -0.39 is 0 Å². The summed E-state index contributed by atoms with van der Waals surface area (Å²) in [5, 5.41) is 6.72. The summed E-state index contributed by atoms with van der Waals surface area (Å²) in [6.45, 7) is 7.88. The second-order valence-corrected chi connectivity index (χ2v) is 8.87. The minimum absolute atomic E-state index is 0.434. The molecule has 0 amide bonds. The van der Waals surface area contributed by atoms with Crippen LogP contribution in [0.4, 0.5) is 23.1 Å². The number of anilines is 4. The largest absolute Gasteiger partial charge is 0.497 e. The highest BCUT2D eigenvalue weighted by atomic mass is 16.5. The van der Waals surface area contributed by atoms with Crippen molar-refractivity contribution in [1.82, 2.24) is 14.9 Å². The molecule has 0 radical (unpaired) electrons. The zero-order valence-electron chi connectivity index (χ0n) is 23.7. The van der Waals surface area contributed by atoms with Crippen molar-refractivity contribution in [2.24, 2.45) is 0 Å². The van der Waals surface area contributed by atoms with Gasteiger partial charge >= 0.3 is 0 Å². The lowest BCUT2D eigenvalue weighted by atomic mass is 10.1. The van der Waals surface area contributed by atoms with Crippen LogP contribution in [-0.2, 0) is 0 Å². The van der Waals surface area contributed by atoms with Crippen molar-refractivity contribution in [2.75, 3.05) is 58.2 Å². The standard InChI is InChI=1S/C31H37N5O4/c1-6-36(7-2)18-19-40-23-14-12-22(13-15-23)33-31-32-21-26(25-17-16-24(37-3)20-29(25)39-5)30(35-31)34-27-10-8-9-11-28(27)38-4/h8-17,20-21H,6-7,18-19H2,1-5H3,(H2,32,33,34,35). The predicted octanol–water partition coefficient (Wildman–Crippen LogP) is 6.38. The first-order valence-corrected chi connectivity index (χ1v) is 13.3. The van der Waals surface area contributed by atoms with Crippen LogP contribution in [0.25, 0.3) is 11.1 Å². The molecule has 9 nitrogen and oxygen atoms in total. The maximum absolute atomic E-state index is 5.91. The summed E-state index contributed by atoms with van der Waals surface area (Å²) in [6, 6.07) is 21.1. The molecule has 0 atom stereocenters. The van der Waals surface area contributed by atoms with Gasteiger partial charge in [-0.25, -0.2) is 4.98 Å². The van der Waals surface area contributed by atoms with Crippen LogP contribution in [0.2, 0.25) is 0 Å². The summed E-state index contributed by atoms with van der Waals surface area (Å²) in [6.07, 6.45) is 1.77. The number of likely N-dealkylation sites (N-methyl/N-ethyl adjacent to an activating group) is 1. The maximum atomic E-state index is 5.91. The van der Waals surface area contributed by atoms with Gasteiger partial charge in [0, 0.05) is 35.6 Å². The first-order chi connectivity index (χ1) is 19.6. The van der Waals surface area contributed by atoms with Crippen LogP contribution in [0, 0.1) is 0 Å². The molecule has 40 heavy (non-hydrogen) atoms. The second-order valence-electron chi connectivity index (χ2n) is 8.87. The maximum Gasteiger partial charge on any atom is 0.229 e. The van der Waals surface area contributed by atoms with Gasteiger partial charge in [0.1, 0.15) is 35.4 Å². The molecule has 0 fully saturated rings. The zero-order valence-corrected chi connectivity index (χ0v) is 23.7. The first kappa shape index (κ1) is 28.5. The van der Waals surface area contributed by atoms with Crippen molar-refractivity contribution in [1.29, 1.82) is 0 Å². The lowest BCUT2D eigenvalue weighted by Crippen LogP contribution is -2.27. The molecule has 1 aromatic heterocycles. The highest BCUT2D eigenvalue weighted by Gasteiger charge is 2.16. The average Bonchev–Trinajstić information content (AvgIpc) is 3.00. The fraction of sp³-hybridized carbons (Fsp3) is 0.290. The number of nitrogens with zero attached hydrogens (tertiary/aromatic N) is 3. The van der Waals surface area contributed by atoms with E-state index in [4.69, 9.17) is 23.9 Å². The van der Waals surface area contributed by atoms with Gasteiger partial charge in [-0.2, -0.15) is 4.98 Å². The Labute approximate surface area is 236 Å².